The molecule has 0 radical (unpaired) electrons. The molecule has 0 fully saturated rings. The molecule has 0 atom stereocenters. The topological polar surface area (TPSA) is 45.9 Å². The second-order valence-corrected chi connectivity index (χ2v) is 4.14. The molecule has 3 nitrogen and oxygen atoms in total. The Morgan fingerprint density at radius 2 is 2.13 bits per heavy atom. The van der Waals surface area contributed by atoms with Crippen molar-refractivity contribution in [1.82, 2.24) is 4.98 Å². The van der Waals surface area contributed by atoms with Crippen LogP contribution in [0.5, 0.6) is 5.88 Å². The third kappa shape index (κ3) is 3.49. The molecule has 0 N–H and O–H groups in total. The maximum absolute atomic E-state index is 11.8. The summed E-state index contributed by atoms with van der Waals surface area (Å²) in [6.07, 6.45) is -4.79. The van der Waals surface area contributed by atoms with Crippen molar-refractivity contribution < 1.29 is 17.9 Å². The monoisotopic (exact) mass is 392 g/mol. The molecule has 15 heavy (non-hydrogen) atoms. The van der Waals surface area contributed by atoms with E-state index in [4.69, 9.17) is 5.26 Å². The van der Waals surface area contributed by atoms with Gasteiger partial charge in [-0.15, -0.1) is 13.2 Å². The summed E-state index contributed by atoms with van der Waals surface area (Å²) in [5, 5.41) is 8.63. The summed E-state index contributed by atoms with van der Waals surface area (Å²) in [7, 11) is 0. The molecule has 0 saturated carbocycles. The van der Waals surface area contributed by atoms with Gasteiger partial charge in [0.25, 0.3) is 0 Å². The van der Waals surface area contributed by atoms with Crippen LogP contribution in [0.4, 0.5) is 13.2 Å². The van der Waals surface area contributed by atoms with Crippen LogP contribution < -0.4 is 4.74 Å². The highest BCUT2D eigenvalue weighted by Crippen LogP contribution is 2.28. The van der Waals surface area contributed by atoms with E-state index in [1.54, 1.807) is 28.7 Å². The lowest BCUT2D eigenvalue weighted by Crippen LogP contribution is -2.18. The number of nitriles is 1. The van der Waals surface area contributed by atoms with Gasteiger partial charge in [-0.2, -0.15) is 5.26 Å². The van der Waals surface area contributed by atoms with Crippen LogP contribution in [0.25, 0.3) is 0 Å². The fourth-order valence-electron chi connectivity index (χ4n) is 0.734. The highest BCUT2D eigenvalue weighted by atomic mass is 127. The summed E-state index contributed by atoms with van der Waals surface area (Å²) in [6, 6.07) is 2.79. The minimum Gasteiger partial charge on any atom is -0.388 e. The number of pyridine rings is 1. The van der Waals surface area contributed by atoms with Gasteiger partial charge in [0.05, 0.1) is 5.56 Å². The van der Waals surface area contributed by atoms with E-state index in [1.807, 2.05) is 0 Å². The van der Waals surface area contributed by atoms with Crippen LogP contribution in [0, 0.1) is 15.0 Å². The quantitative estimate of drug-likeness (QED) is 0.544. The van der Waals surface area contributed by atoms with Crippen LogP contribution in [0.2, 0.25) is 0 Å². The van der Waals surface area contributed by atoms with Gasteiger partial charge >= 0.3 is 6.36 Å². The van der Waals surface area contributed by atoms with Crippen LogP contribution in [-0.2, 0) is 0 Å². The first kappa shape index (κ1) is 12.5. The zero-order valence-corrected chi connectivity index (χ0v) is 10.5. The average Bonchev–Trinajstić information content (AvgIpc) is 1.99. The molecule has 1 aromatic rings. The van der Waals surface area contributed by atoms with Gasteiger partial charge in [0.2, 0.25) is 5.88 Å². The Bertz CT molecular complexity index is 406. The maximum atomic E-state index is 11.8. The first-order valence-electron chi connectivity index (χ1n) is 3.35. The number of nitrogens with zero attached hydrogens (tertiary/aromatic N) is 2. The Morgan fingerprint density at radius 3 is 2.53 bits per heavy atom. The minimum absolute atomic E-state index is 0.142. The molecule has 0 saturated heterocycles. The van der Waals surface area contributed by atoms with Gasteiger partial charge in [0, 0.05) is 10.5 Å². The zero-order chi connectivity index (χ0) is 11.6. The van der Waals surface area contributed by atoms with Crippen molar-refractivity contribution in [3.05, 3.63) is 19.8 Å². The van der Waals surface area contributed by atoms with Crippen molar-refractivity contribution in [2.24, 2.45) is 0 Å². The minimum atomic E-state index is -4.79. The molecule has 0 spiro atoms. The van der Waals surface area contributed by atoms with Crippen LogP contribution >= 0.6 is 38.5 Å². The Labute approximate surface area is 105 Å². The summed E-state index contributed by atoms with van der Waals surface area (Å²) >= 11 is 4.60. The van der Waals surface area contributed by atoms with Crippen molar-refractivity contribution in [2.45, 2.75) is 6.36 Å². The predicted octanol–water partition coefficient (Wildman–Crippen LogP) is 3.22. The van der Waals surface area contributed by atoms with Gasteiger partial charge in [-0.3, -0.25) is 0 Å². The molecule has 1 rings (SSSR count). The molecule has 0 aromatic carbocycles. The van der Waals surface area contributed by atoms with Crippen LogP contribution in [-0.4, -0.2) is 11.3 Å². The number of hydrogen-bond acceptors (Lipinski definition) is 3. The van der Waals surface area contributed by atoms with Gasteiger partial charge in [0.15, 0.2) is 0 Å². The predicted molar refractivity (Wildman–Crippen MR) is 56.1 cm³/mol. The molecule has 0 unspecified atom stereocenters. The van der Waals surface area contributed by atoms with E-state index >= 15 is 0 Å². The smallest absolute Gasteiger partial charge is 0.388 e. The lowest BCUT2D eigenvalue weighted by Gasteiger charge is -2.08. The Hall–Kier alpha value is -0.560. The largest absolute Gasteiger partial charge is 0.574 e. The van der Waals surface area contributed by atoms with Gasteiger partial charge in [0.1, 0.15) is 9.77 Å². The Morgan fingerprint density at radius 1 is 1.53 bits per heavy atom. The van der Waals surface area contributed by atoms with Crippen molar-refractivity contribution >= 4 is 38.5 Å². The van der Waals surface area contributed by atoms with E-state index in [2.05, 4.69) is 25.7 Å². The molecular formula is C7HBrF3IN2O. The van der Waals surface area contributed by atoms with Crippen molar-refractivity contribution in [3.63, 3.8) is 0 Å². The van der Waals surface area contributed by atoms with Gasteiger partial charge in [-0.1, -0.05) is 0 Å². The van der Waals surface area contributed by atoms with Crippen LogP contribution in [0.3, 0.4) is 0 Å². The first-order valence-corrected chi connectivity index (χ1v) is 5.22. The highest BCUT2D eigenvalue weighted by molar-refractivity contribution is 14.1. The number of rotatable bonds is 1. The van der Waals surface area contributed by atoms with Crippen LogP contribution in [0.1, 0.15) is 5.56 Å². The second kappa shape index (κ2) is 4.52. The molecule has 0 aliphatic heterocycles. The summed E-state index contributed by atoms with van der Waals surface area (Å²) in [5.41, 5.74) is 0.171. The first-order chi connectivity index (χ1) is 6.83. The third-order valence-corrected chi connectivity index (χ3v) is 2.64. The molecule has 0 amide bonds. The van der Waals surface area contributed by atoms with E-state index in [-0.39, 0.29) is 13.7 Å². The highest BCUT2D eigenvalue weighted by Gasteiger charge is 2.32. The summed E-state index contributed by atoms with van der Waals surface area (Å²) in [4.78, 5) is 3.48. The Balaban J connectivity index is 3.11. The fourth-order valence-corrected chi connectivity index (χ4v) is 2.23. The maximum Gasteiger partial charge on any atom is 0.574 e. The van der Waals surface area contributed by atoms with E-state index in [0.717, 1.165) is 6.07 Å². The van der Waals surface area contributed by atoms with E-state index in [9.17, 15) is 13.2 Å². The van der Waals surface area contributed by atoms with E-state index < -0.39 is 12.2 Å². The van der Waals surface area contributed by atoms with E-state index in [0.29, 0.717) is 0 Å². The number of halogens is 5. The Kier molecular flexibility index (Phi) is 3.77. The zero-order valence-electron chi connectivity index (χ0n) is 6.77. The van der Waals surface area contributed by atoms with Gasteiger partial charge in [-0.25, -0.2) is 4.98 Å². The van der Waals surface area contributed by atoms with Crippen molar-refractivity contribution in [1.29, 1.82) is 5.26 Å². The molecule has 8 heteroatoms. The summed E-state index contributed by atoms with van der Waals surface area (Å²) in [5.74, 6) is -0.599. The SMILES string of the molecule is N#Cc1c(Br)cc(OC(F)(F)F)nc1I. The molecule has 0 aliphatic carbocycles. The number of ether oxygens (including phenoxy) is 1. The molecule has 1 aromatic heterocycles. The number of aromatic nitrogens is 1. The van der Waals surface area contributed by atoms with Gasteiger partial charge in [-0.05, 0) is 38.5 Å². The van der Waals surface area contributed by atoms with Gasteiger partial charge < -0.3 is 4.74 Å². The standard InChI is InChI=1S/C7HBrF3IN2O/c8-4-1-5(15-7(9,10)11)14-6(12)3(4)2-13/h1H. The summed E-state index contributed by atoms with van der Waals surface area (Å²) < 4.78 is 39.5. The molecule has 1 heterocycles. The molecular weight excluding hydrogens is 392 g/mol. The fraction of sp³-hybridized carbons (Fsp3) is 0.143. The normalized spacial score (nSPS) is 10.9. The second-order valence-electron chi connectivity index (χ2n) is 2.27. The van der Waals surface area contributed by atoms with Crippen LogP contribution in [0.15, 0.2) is 10.5 Å². The average molecular weight is 393 g/mol. The summed E-state index contributed by atoms with van der Waals surface area (Å²) in [6.45, 7) is 0. The molecule has 0 aliphatic rings. The van der Waals surface area contributed by atoms with Crippen molar-refractivity contribution in [2.75, 3.05) is 0 Å². The lowest BCUT2D eigenvalue weighted by molar-refractivity contribution is -0.276. The third-order valence-electron chi connectivity index (χ3n) is 1.24. The van der Waals surface area contributed by atoms with Crippen molar-refractivity contribution in [3.8, 4) is 11.9 Å². The number of alkyl halides is 3. The molecule has 0 bridgehead atoms. The lowest BCUT2D eigenvalue weighted by atomic mass is 10.3. The molecule has 80 valence electrons. The van der Waals surface area contributed by atoms with E-state index in [1.165, 1.54) is 0 Å². The number of hydrogen-bond donors (Lipinski definition) is 0.